The number of hydrogen-bond acceptors (Lipinski definition) is 14. The average Bonchev–Trinajstić information content (AvgIpc) is 1.55. The van der Waals surface area contributed by atoms with Crippen LogP contribution in [0.15, 0.2) is 320 Å². The van der Waals surface area contributed by atoms with Gasteiger partial charge in [0.2, 0.25) is 0 Å². The van der Waals surface area contributed by atoms with Gasteiger partial charge in [0.1, 0.15) is 0 Å². The zero-order valence-corrected chi connectivity index (χ0v) is 65.8. The molecule has 0 unspecified atom stereocenters. The topological polar surface area (TPSA) is 165 Å². The molecule has 16 heteroatoms. The van der Waals surface area contributed by atoms with E-state index in [1.807, 2.05) is 121 Å². The number of halogens is 1. The van der Waals surface area contributed by atoms with E-state index in [2.05, 4.69) is 290 Å². The highest BCUT2D eigenvalue weighted by atomic mass is 79.9. The largest absolute Gasteiger partial charge is 0.571 e. The highest BCUT2D eigenvalue weighted by Crippen LogP contribution is 2.57. The molecule has 12 aromatic carbocycles. The predicted molar refractivity (Wildman–Crippen MR) is 474 cm³/mol. The number of benzene rings is 12. The molecular weight excluding hydrogens is 1490 g/mol. The van der Waals surface area contributed by atoms with Crippen molar-refractivity contribution in [2.24, 2.45) is 0 Å². The molecule has 4 aliphatic carbocycles. The highest BCUT2D eigenvalue weighted by Gasteiger charge is 2.47. The van der Waals surface area contributed by atoms with E-state index in [4.69, 9.17) is 44.6 Å². The maximum absolute atomic E-state index is 8.79. The Morgan fingerprint density at radius 2 is 0.517 bits per heavy atom. The standard InChI is InChI=1S/C49H38N6.C34H28BrN3.C15H11BN3O2.2CH4/c1-48(2)39-29-33(47-53-45(31-17-9-5-10-18-31)52-46(54-47)32-19-11-6-12-20-32)25-27-37(39)41-43(48)51-42-38-28-26-36(30-40(38)49(3,4)44(42)50-41)55(34-21-13-7-14-22-34)35-23-15-8-16-24-35;1-33(2)27-19-21(35)15-17-25(27)29-31(33)37-30-26-18-16-24(20-28(26)34(3,4)32(30)36-29)38(22-11-7-5-8-12-22)23-13-9-6-10-14-23;20-16-21-15-18-13(11-7-3-1-4-8-11)17-14(19-15)12-9-5-2-6-10-12;;/h5-30H,1-4H3;5-20H,1-4H3;1-10,20H;2*1H4. The Morgan fingerprint density at radius 3 is 0.819 bits per heavy atom. The SMILES string of the molecule is C.C.CC1(C)c2cc(-c3nc(-c4ccccc4)nc(-c4ccccc4)n3)ccc2-c2nc3c(nc21)-c1ccc(N(c2ccccc2)c2ccccc2)cc1C3(C)C.CC1(C)c2cc(Br)ccc2-c2nc3c(nc21)-c1ccc(N(c2ccccc2)c2ccccc2)cc1C3(C)C.O[B]Oc1nc(-c2ccccc2)nc(-c2ccccc2)n1. The van der Waals surface area contributed by atoms with E-state index in [0.717, 1.165) is 123 Å². The molecule has 0 fully saturated rings. The lowest BCUT2D eigenvalue weighted by Gasteiger charge is -2.27. The summed E-state index contributed by atoms with van der Waals surface area (Å²) in [5.74, 6) is 2.90. The van der Waals surface area contributed by atoms with Crippen molar-refractivity contribution in [3.63, 3.8) is 0 Å². The number of nitrogens with zero attached hydrogens (tertiary/aromatic N) is 12. The predicted octanol–water partition coefficient (Wildman–Crippen LogP) is 24.4. The summed E-state index contributed by atoms with van der Waals surface area (Å²) in [6, 6.07) is 108. The van der Waals surface area contributed by atoms with E-state index < -0.39 is 5.41 Å². The molecule has 116 heavy (non-hydrogen) atoms. The van der Waals surface area contributed by atoms with E-state index >= 15 is 0 Å². The third kappa shape index (κ3) is 13.8. The molecular formula is C100H85BBrN12O2. The number of para-hydroxylation sites is 4. The monoisotopic (exact) mass is 1580 g/mol. The Bertz CT molecular complexity index is 6130. The van der Waals surface area contributed by atoms with Crippen molar-refractivity contribution >= 4 is 57.7 Å². The first kappa shape index (κ1) is 76.7. The Morgan fingerprint density at radius 1 is 0.267 bits per heavy atom. The highest BCUT2D eigenvalue weighted by molar-refractivity contribution is 9.10. The Kier molecular flexibility index (Phi) is 20.4. The summed E-state index contributed by atoms with van der Waals surface area (Å²) in [4.78, 5) is 54.2. The molecule has 4 aliphatic rings. The summed E-state index contributed by atoms with van der Waals surface area (Å²) >= 11 is 3.66. The van der Waals surface area contributed by atoms with Crippen molar-refractivity contribution in [2.75, 3.05) is 9.80 Å². The van der Waals surface area contributed by atoms with E-state index in [1.165, 1.54) is 33.4 Å². The maximum Gasteiger partial charge on any atom is 0.571 e. The van der Waals surface area contributed by atoms with Gasteiger partial charge in [0.05, 0.1) is 45.6 Å². The van der Waals surface area contributed by atoms with Crippen molar-refractivity contribution in [1.29, 1.82) is 0 Å². The summed E-state index contributed by atoms with van der Waals surface area (Å²) in [6.45, 7) is 18.1. The van der Waals surface area contributed by atoms with Crippen LogP contribution in [0.5, 0.6) is 6.01 Å². The second kappa shape index (κ2) is 30.9. The second-order valence-electron chi connectivity index (χ2n) is 30.9. The van der Waals surface area contributed by atoms with Crippen molar-refractivity contribution in [2.45, 2.75) is 91.9 Å². The average molecular weight is 1580 g/mol. The quantitative estimate of drug-likeness (QED) is 0.108. The molecule has 0 spiro atoms. The van der Waals surface area contributed by atoms with Gasteiger partial charge in [-0.3, -0.25) is 0 Å². The van der Waals surface area contributed by atoms with Crippen LogP contribution in [0.25, 0.3) is 102 Å². The van der Waals surface area contributed by atoms with E-state index in [1.54, 1.807) is 0 Å². The number of rotatable bonds is 13. The summed E-state index contributed by atoms with van der Waals surface area (Å²) in [7, 11) is 0.554. The summed E-state index contributed by atoms with van der Waals surface area (Å²) in [6.07, 6.45) is 0. The lowest BCUT2D eigenvalue weighted by molar-refractivity contribution is 0.430. The van der Waals surface area contributed by atoms with Gasteiger partial charge in [-0.05, 0) is 113 Å². The van der Waals surface area contributed by atoms with Crippen molar-refractivity contribution in [3.8, 4) is 108 Å². The first-order valence-corrected chi connectivity index (χ1v) is 39.0. The van der Waals surface area contributed by atoms with Gasteiger partial charge in [0, 0.05) is 110 Å². The van der Waals surface area contributed by atoms with Gasteiger partial charge in [0.25, 0.3) is 0 Å². The third-order valence-corrected chi connectivity index (χ3v) is 22.7. The fourth-order valence-corrected chi connectivity index (χ4v) is 16.7. The molecule has 20 rings (SSSR count). The molecule has 0 atom stereocenters. The molecule has 1 radical (unpaired) electrons. The van der Waals surface area contributed by atoms with Crippen molar-refractivity contribution in [3.05, 3.63) is 365 Å². The Balaban J connectivity index is 0.000000143. The van der Waals surface area contributed by atoms with Crippen LogP contribution in [0.3, 0.4) is 0 Å². The molecule has 0 bridgehead atoms. The molecule has 0 aliphatic heterocycles. The van der Waals surface area contributed by atoms with Crippen LogP contribution >= 0.6 is 15.9 Å². The molecule has 14 nitrogen and oxygen atoms in total. The van der Waals surface area contributed by atoms with Gasteiger partial charge in [-0.2, -0.15) is 9.97 Å². The smallest absolute Gasteiger partial charge is 0.508 e. The minimum absolute atomic E-state index is 0. The third-order valence-electron chi connectivity index (χ3n) is 22.2. The molecule has 4 heterocycles. The van der Waals surface area contributed by atoms with Gasteiger partial charge in [-0.25, -0.2) is 39.9 Å². The number of fused-ring (bicyclic) bond motifs is 12. The van der Waals surface area contributed by atoms with Crippen LogP contribution in [0.1, 0.15) is 115 Å². The van der Waals surface area contributed by atoms with Gasteiger partial charge in [-0.1, -0.05) is 311 Å². The van der Waals surface area contributed by atoms with Crippen molar-refractivity contribution < 1.29 is 9.68 Å². The van der Waals surface area contributed by atoms with E-state index in [-0.39, 0.29) is 37.1 Å². The van der Waals surface area contributed by atoms with Gasteiger partial charge < -0.3 is 19.5 Å². The maximum atomic E-state index is 8.79. The molecule has 0 saturated carbocycles. The minimum Gasteiger partial charge on any atom is -0.508 e. The molecule has 0 amide bonds. The molecule has 4 aromatic heterocycles. The lowest BCUT2D eigenvalue weighted by Crippen LogP contribution is -2.20. The first-order chi connectivity index (χ1) is 55.4. The normalized spacial score (nSPS) is 13.6. The van der Waals surface area contributed by atoms with Crippen LogP contribution in [0.4, 0.5) is 34.1 Å². The fraction of sp³-hybridized carbons (Fsp3) is 0.140. The van der Waals surface area contributed by atoms with Crippen LogP contribution < -0.4 is 14.5 Å². The summed E-state index contributed by atoms with van der Waals surface area (Å²) in [5.41, 5.74) is 27.6. The number of hydrogen-bond donors (Lipinski definition) is 1. The first-order valence-electron chi connectivity index (χ1n) is 38.2. The van der Waals surface area contributed by atoms with Gasteiger partial charge in [-0.15, -0.1) is 0 Å². The molecule has 16 aromatic rings. The fourth-order valence-electron chi connectivity index (χ4n) is 16.3. The lowest BCUT2D eigenvalue weighted by atomic mass is 9.84. The van der Waals surface area contributed by atoms with Crippen LogP contribution in [0, 0.1) is 0 Å². The van der Waals surface area contributed by atoms with Crippen LogP contribution in [-0.4, -0.2) is 62.5 Å². The number of anilines is 6. The summed E-state index contributed by atoms with van der Waals surface area (Å²) in [5, 5.41) is 8.79. The summed E-state index contributed by atoms with van der Waals surface area (Å²) < 4.78 is 5.99. The van der Waals surface area contributed by atoms with Gasteiger partial charge in [0.15, 0.2) is 29.1 Å². The van der Waals surface area contributed by atoms with E-state index in [0.29, 0.717) is 36.8 Å². The molecule has 0 saturated heterocycles. The second-order valence-corrected chi connectivity index (χ2v) is 31.8. The molecule has 1 N–H and O–H groups in total. The zero-order valence-electron chi connectivity index (χ0n) is 64.2. The van der Waals surface area contributed by atoms with Crippen LogP contribution in [0.2, 0.25) is 0 Å². The van der Waals surface area contributed by atoms with Gasteiger partial charge >= 0.3 is 13.7 Å². The Hall–Kier alpha value is -13.3. The zero-order chi connectivity index (χ0) is 78.0. The van der Waals surface area contributed by atoms with E-state index in [9.17, 15) is 0 Å². The molecule has 567 valence electrons. The minimum atomic E-state index is -0.398. The van der Waals surface area contributed by atoms with Crippen LogP contribution in [-0.2, 0) is 21.7 Å². The Labute approximate surface area is 687 Å². The number of aromatic nitrogens is 10. The van der Waals surface area contributed by atoms with Crippen molar-refractivity contribution in [1.82, 2.24) is 49.8 Å².